The summed E-state index contributed by atoms with van der Waals surface area (Å²) in [6.45, 7) is 5.95. The number of primary amides is 1. The molecule has 144 valence electrons. The molecule has 0 aromatic heterocycles. The van der Waals surface area contributed by atoms with Gasteiger partial charge < -0.3 is 21.5 Å². The molecule has 2 aromatic carbocycles. The summed E-state index contributed by atoms with van der Waals surface area (Å²) in [5.74, 6) is -0.450. The van der Waals surface area contributed by atoms with Gasteiger partial charge in [-0.05, 0) is 61.6 Å². The Balaban J connectivity index is 1.88. The van der Waals surface area contributed by atoms with E-state index in [2.05, 4.69) is 5.32 Å². The molecule has 0 aliphatic rings. The Kier molecular flexibility index (Phi) is 6.96. The van der Waals surface area contributed by atoms with Crippen molar-refractivity contribution in [2.24, 2.45) is 11.5 Å². The van der Waals surface area contributed by atoms with Crippen LogP contribution in [-0.4, -0.2) is 24.6 Å². The van der Waals surface area contributed by atoms with E-state index >= 15 is 0 Å². The predicted molar refractivity (Wildman–Crippen MR) is 105 cm³/mol. The molecule has 2 amide bonds. The number of benzene rings is 2. The van der Waals surface area contributed by atoms with Crippen molar-refractivity contribution in [3.63, 3.8) is 0 Å². The molecule has 0 unspecified atom stereocenters. The average Bonchev–Trinajstić information content (AvgIpc) is 2.63. The summed E-state index contributed by atoms with van der Waals surface area (Å²) in [6, 6.07) is 12.8. The van der Waals surface area contributed by atoms with Crippen LogP contribution in [0.25, 0.3) is 0 Å². The molecular formula is C21H27N3O3. The van der Waals surface area contributed by atoms with E-state index in [-0.39, 0.29) is 18.7 Å². The van der Waals surface area contributed by atoms with Crippen molar-refractivity contribution < 1.29 is 14.3 Å². The molecule has 0 spiro atoms. The van der Waals surface area contributed by atoms with Gasteiger partial charge in [-0.15, -0.1) is 0 Å². The van der Waals surface area contributed by atoms with E-state index in [1.807, 2.05) is 51.1 Å². The van der Waals surface area contributed by atoms with Crippen LogP contribution in [0.15, 0.2) is 42.5 Å². The first-order valence-corrected chi connectivity index (χ1v) is 8.93. The Morgan fingerprint density at radius 3 is 2.26 bits per heavy atom. The zero-order valence-electron chi connectivity index (χ0n) is 16.0. The molecule has 2 atom stereocenters. The van der Waals surface area contributed by atoms with Gasteiger partial charge in [-0.25, -0.2) is 4.79 Å². The van der Waals surface area contributed by atoms with Crippen molar-refractivity contribution >= 4 is 12.0 Å². The molecule has 2 rings (SSSR count). The van der Waals surface area contributed by atoms with Gasteiger partial charge in [0.1, 0.15) is 6.10 Å². The molecule has 0 aliphatic carbocycles. The van der Waals surface area contributed by atoms with Crippen molar-refractivity contribution in [1.82, 2.24) is 5.32 Å². The van der Waals surface area contributed by atoms with Crippen LogP contribution in [0, 0.1) is 13.8 Å². The van der Waals surface area contributed by atoms with Crippen LogP contribution in [0.3, 0.4) is 0 Å². The lowest BCUT2D eigenvalue weighted by atomic mass is 9.94. The van der Waals surface area contributed by atoms with E-state index in [0.29, 0.717) is 12.0 Å². The van der Waals surface area contributed by atoms with Gasteiger partial charge in [0.15, 0.2) is 0 Å². The number of rotatable bonds is 7. The highest BCUT2D eigenvalue weighted by Gasteiger charge is 2.15. The van der Waals surface area contributed by atoms with Gasteiger partial charge in [-0.3, -0.25) is 4.79 Å². The fourth-order valence-corrected chi connectivity index (χ4v) is 3.00. The second-order valence-corrected chi connectivity index (χ2v) is 6.76. The highest BCUT2D eigenvalue weighted by Crippen LogP contribution is 2.18. The third-order valence-corrected chi connectivity index (χ3v) is 4.51. The van der Waals surface area contributed by atoms with Crippen molar-refractivity contribution in [2.45, 2.75) is 39.3 Å². The first-order chi connectivity index (χ1) is 12.8. The van der Waals surface area contributed by atoms with Crippen LogP contribution in [-0.2, 0) is 11.2 Å². The molecule has 2 aromatic rings. The molecule has 0 bridgehead atoms. The minimum atomic E-state index is -0.501. The Bertz CT molecular complexity index is 783. The molecule has 0 aliphatic heterocycles. The molecule has 0 saturated heterocycles. The lowest BCUT2D eigenvalue weighted by Crippen LogP contribution is -2.39. The van der Waals surface area contributed by atoms with E-state index < -0.39 is 12.0 Å². The third kappa shape index (κ3) is 5.82. The van der Waals surface area contributed by atoms with E-state index in [0.717, 1.165) is 22.3 Å². The van der Waals surface area contributed by atoms with Gasteiger partial charge in [0.05, 0.1) is 0 Å². The molecule has 6 nitrogen and oxygen atoms in total. The maximum atomic E-state index is 12.0. The summed E-state index contributed by atoms with van der Waals surface area (Å²) in [6.07, 6.45) is -0.266. The highest BCUT2D eigenvalue weighted by atomic mass is 16.6. The summed E-state index contributed by atoms with van der Waals surface area (Å²) in [4.78, 5) is 23.3. The van der Waals surface area contributed by atoms with Gasteiger partial charge in [-0.2, -0.15) is 0 Å². The van der Waals surface area contributed by atoms with E-state index in [1.165, 1.54) is 0 Å². The van der Waals surface area contributed by atoms with Crippen LogP contribution in [0.2, 0.25) is 0 Å². The number of nitrogens with one attached hydrogen (secondary N) is 1. The molecule has 5 N–H and O–H groups in total. The maximum Gasteiger partial charge on any atom is 0.407 e. The topological polar surface area (TPSA) is 107 Å². The van der Waals surface area contributed by atoms with E-state index in [1.54, 1.807) is 12.1 Å². The summed E-state index contributed by atoms with van der Waals surface area (Å²) in [5.41, 5.74) is 15.9. The van der Waals surface area contributed by atoms with Crippen molar-refractivity contribution in [2.75, 3.05) is 6.54 Å². The summed E-state index contributed by atoms with van der Waals surface area (Å²) < 4.78 is 5.37. The lowest BCUT2D eigenvalue weighted by molar-refractivity contribution is 0.0999. The number of aryl methyl sites for hydroxylation is 2. The first kappa shape index (κ1) is 20.5. The van der Waals surface area contributed by atoms with Crippen molar-refractivity contribution in [3.05, 3.63) is 70.3 Å². The molecule has 0 saturated carbocycles. The number of ether oxygens (including phenoxy) is 1. The summed E-state index contributed by atoms with van der Waals surface area (Å²) in [5, 5.41) is 2.71. The van der Waals surface area contributed by atoms with Crippen molar-refractivity contribution in [3.8, 4) is 0 Å². The number of carbonyl (C=O) groups is 2. The van der Waals surface area contributed by atoms with Crippen LogP contribution >= 0.6 is 0 Å². The zero-order valence-corrected chi connectivity index (χ0v) is 16.0. The second-order valence-electron chi connectivity index (χ2n) is 6.76. The van der Waals surface area contributed by atoms with Gasteiger partial charge in [-0.1, -0.05) is 30.3 Å². The minimum Gasteiger partial charge on any atom is -0.442 e. The minimum absolute atomic E-state index is 0.276. The Hall–Kier alpha value is -2.86. The quantitative estimate of drug-likeness (QED) is 0.697. The van der Waals surface area contributed by atoms with Crippen LogP contribution < -0.4 is 16.8 Å². The zero-order chi connectivity index (χ0) is 20.0. The SMILES string of the molecule is Cc1cc(C(N)=O)cc(C)c1C[C@H](N)CNC(=O)O[C@@H](C)c1ccccc1. The van der Waals surface area contributed by atoms with Gasteiger partial charge in [0.25, 0.3) is 0 Å². The normalized spacial score (nSPS) is 12.9. The molecule has 6 heteroatoms. The Labute approximate surface area is 159 Å². The first-order valence-electron chi connectivity index (χ1n) is 8.93. The predicted octanol–water partition coefficient (Wildman–Crippen LogP) is 2.76. The number of nitrogens with two attached hydrogens (primary N) is 2. The smallest absolute Gasteiger partial charge is 0.407 e. The van der Waals surface area contributed by atoms with E-state index in [4.69, 9.17) is 16.2 Å². The second kappa shape index (κ2) is 9.19. The lowest BCUT2D eigenvalue weighted by Gasteiger charge is -2.18. The van der Waals surface area contributed by atoms with Gasteiger partial charge in [0.2, 0.25) is 5.91 Å². The standard InChI is InChI=1S/C21H27N3O3/c1-13-9-17(20(23)25)10-14(2)19(13)11-18(22)12-24-21(26)27-15(3)16-7-5-4-6-8-16/h4-10,15,18H,11-12,22H2,1-3H3,(H2,23,25)(H,24,26)/t15-,18-/m0/s1. The Morgan fingerprint density at radius 2 is 1.70 bits per heavy atom. The third-order valence-electron chi connectivity index (χ3n) is 4.51. The number of alkyl carbamates (subject to hydrolysis) is 1. The largest absolute Gasteiger partial charge is 0.442 e. The highest BCUT2D eigenvalue weighted by molar-refractivity contribution is 5.93. The maximum absolute atomic E-state index is 12.0. The molecule has 0 heterocycles. The fraction of sp³-hybridized carbons (Fsp3) is 0.333. The van der Waals surface area contributed by atoms with Gasteiger partial charge >= 0.3 is 6.09 Å². The van der Waals surface area contributed by atoms with E-state index in [9.17, 15) is 9.59 Å². The molecular weight excluding hydrogens is 342 g/mol. The fourth-order valence-electron chi connectivity index (χ4n) is 3.00. The molecule has 27 heavy (non-hydrogen) atoms. The van der Waals surface area contributed by atoms with Crippen LogP contribution in [0.5, 0.6) is 0 Å². The molecule has 0 fully saturated rings. The number of carbonyl (C=O) groups excluding carboxylic acids is 2. The van der Waals surface area contributed by atoms with Gasteiger partial charge in [0, 0.05) is 18.2 Å². The summed E-state index contributed by atoms with van der Waals surface area (Å²) in [7, 11) is 0. The van der Waals surface area contributed by atoms with Crippen LogP contribution in [0.1, 0.15) is 45.6 Å². The monoisotopic (exact) mass is 369 g/mol. The summed E-state index contributed by atoms with van der Waals surface area (Å²) >= 11 is 0. The average molecular weight is 369 g/mol. The number of amides is 2. The number of hydrogen-bond acceptors (Lipinski definition) is 4. The van der Waals surface area contributed by atoms with Crippen molar-refractivity contribution in [1.29, 1.82) is 0 Å². The molecule has 0 radical (unpaired) electrons. The Morgan fingerprint density at radius 1 is 1.11 bits per heavy atom. The van der Waals surface area contributed by atoms with Crippen LogP contribution in [0.4, 0.5) is 4.79 Å². The number of hydrogen-bond donors (Lipinski definition) is 3.